The lowest BCUT2D eigenvalue weighted by Gasteiger charge is -2.25. The van der Waals surface area contributed by atoms with Crippen LogP contribution in [-0.4, -0.2) is 47.1 Å². The average molecular weight is 469 g/mol. The minimum absolute atomic E-state index is 0.0625. The van der Waals surface area contributed by atoms with Crippen molar-refractivity contribution in [1.82, 2.24) is 13.9 Å². The number of nitrogens with zero attached hydrogens (tertiary/aromatic N) is 3. The van der Waals surface area contributed by atoms with Crippen LogP contribution < -0.4 is 5.32 Å². The van der Waals surface area contributed by atoms with Gasteiger partial charge in [0.05, 0.1) is 15.9 Å². The highest BCUT2D eigenvalue weighted by Gasteiger charge is 2.26. The van der Waals surface area contributed by atoms with E-state index in [0.717, 1.165) is 24.8 Å². The molecule has 33 heavy (non-hydrogen) atoms. The van der Waals surface area contributed by atoms with E-state index in [4.69, 9.17) is 0 Å². The van der Waals surface area contributed by atoms with E-state index in [1.807, 2.05) is 11.6 Å². The second-order valence-electron chi connectivity index (χ2n) is 8.39. The van der Waals surface area contributed by atoms with Crippen molar-refractivity contribution in [3.05, 3.63) is 53.9 Å². The maximum absolute atomic E-state index is 13.0. The van der Waals surface area contributed by atoms with Gasteiger partial charge in [-0.15, -0.1) is 0 Å². The Morgan fingerprint density at radius 3 is 2.55 bits per heavy atom. The Labute approximate surface area is 193 Å². The van der Waals surface area contributed by atoms with E-state index >= 15 is 0 Å². The Kier molecular flexibility index (Phi) is 6.62. The molecule has 1 amide bonds. The molecule has 1 saturated heterocycles. The number of sulfonamides is 1. The smallest absolute Gasteiger partial charge is 0.243 e. The second kappa shape index (κ2) is 9.44. The molecule has 4 rings (SSSR count). The zero-order valence-corrected chi connectivity index (χ0v) is 19.7. The Morgan fingerprint density at radius 2 is 1.82 bits per heavy atom. The highest BCUT2D eigenvalue weighted by Crippen LogP contribution is 2.25. The van der Waals surface area contributed by atoms with Crippen molar-refractivity contribution >= 4 is 38.4 Å². The lowest BCUT2D eigenvalue weighted by molar-refractivity contribution is -0.116. The number of aromatic nitrogens is 2. The van der Waals surface area contributed by atoms with Gasteiger partial charge in [0.25, 0.3) is 0 Å². The van der Waals surface area contributed by atoms with Gasteiger partial charge in [-0.2, -0.15) is 4.31 Å². The van der Waals surface area contributed by atoms with Crippen molar-refractivity contribution in [2.24, 2.45) is 7.05 Å². The Hall–Kier alpha value is -3.04. The number of hydrogen-bond donors (Lipinski definition) is 1. The molecule has 3 aromatic rings. The number of hydrogen-bond acceptors (Lipinski definition) is 5. The molecule has 0 spiro atoms. The van der Waals surface area contributed by atoms with Crippen molar-refractivity contribution in [2.75, 3.05) is 18.4 Å². The van der Waals surface area contributed by atoms with Crippen molar-refractivity contribution in [1.29, 1.82) is 0 Å². The number of Topliss-reactive ketones (excluding diaryl/α,β-unsaturated/α-hetero) is 1. The Morgan fingerprint density at radius 1 is 1.06 bits per heavy atom. The quantitative estimate of drug-likeness (QED) is 0.535. The molecular formula is C24H28N4O4S. The summed E-state index contributed by atoms with van der Waals surface area (Å²) in [6.45, 7) is 2.59. The van der Waals surface area contributed by atoms with Gasteiger partial charge in [-0.3, -0.25) is 9.59 Å². The molecule has 1 N–H and O–H groups in total. The molecule has 1 fully saturated rings. The highest BCUT2D eigenvalue weighted by atomic mass is 32.2. The minimum atomic E-state index is -3.53. The fourth-order valence-corrected chi connectivity index (χ4v) is 5.67. The largest absolute Gasteiger partial charge is 0.331 e. The van der Waals surface area contributed by atoms with Crippen LogP contribution in [0, 0.1) is 0 Å². The SMILES string of the molecule is CC(=O)c1cccc(NC(=O)CCc2nc3cc(S(=O)(=O)N4CCCCC4)ccc3n2C)c1. The van der Waals surface area contributed by atoms with Crippen LogP contribution in [0.25, 0.3) is 11.0 Å². The average Bonchev–Trinajstić information content (AvgIpc) is 3.13. The number of carbonyl (C=O) groups is 2. The number of anilines is 1. The van der Waals surface area contributed by atoms with E-state index in [9.17, 15) is 18.0 Å². The number of piperidine rings is 1. The predicted octanol–water partition coefficient (Wildman–Crippen LogP) is 3.52. The summed E-state index contributed by atoms with van der Waals surface area (Å²) >= 11 is 0. The van der Waals surface area contributed by atoms with E-state index in [1.54, 1.807) is 46.8 Å². The zero-order valence-electron chi connectivity index (χ0n) is 18.9. The number of rotatable bonds is 7. The molecule has 1 aliphatic rings. The van der Waals surface area contributed by atoms with Gasteiger partial charge >= 0.3 is 0 Å². The van der Waals surface area contributed by atoms with E-state index in [0.29, 0.717) is 42.1 Å². The van der Waals surface area contributed by atoms with Crippen LogP contribution >= 0.6 is 0 Å². The maximum Gasteiger partial charge on any atom is 0.243 e. The van der Waals surface area contributed by atoms with Crippen molar-refractivity contribution < 1.29 is 18.0 Å². The number of nitrogens with one attached hydrogen (secondary N) is 1. The standard InChI is InChI=1S/C24H28N4O4S/c1-17(29)18-7-6-8-19(15-18)25-24(30)12-11-23-26-21-16-20(9-10-22(21)27(23)2)33(31,32)28-13-4-3-5-14-28/h6-10,15-16H,3-5,11-14H2,1-2H3,(H,25,30). The second-order valence-corrected chi connectivity index (χ2v) is 10.3. The van der Waals surface area contributed by atoms with Crippen molar-refractivity contribution in [2.45, 2.75) is 43.9 Å². The van der Waals surface area contributed by atoms with Crippen LogP contribution in [0.3, 0.4) is 0 Å². The first-order valence-corrected chi connectivity index (χ1v) is 12.6. The summed E-state index contributed by atoms with van der Waals surface area (Å²) in [4.78, 5) is 28.8. The molecule has 0 atom stereocenters. The van der Waals surface area contributed by atoms with Crippen LogP contribution in [0.1, 0.15) is 48.8 Å². The third-order valence-electron chi connectivity index (χ3n) is 6.03. The lowest BCUT2D eigenvalue weighted by atomic mass is 10.1. The normalized spacial score (nSPS) is 15.0. The number of aryl methyl sites for hydroxylation is 2. The fourth-order valence-electron chi connectivity index (χ4n) is 4.13. The van der Waals surface area contributed by atoms with Crippen molar-refractivity contribution in [3.63, 3.8) is 0 Å². The lowest BCUT2D eigenvalue weighted by Crippen LogP contribution is -2.35. The first kappa shape index (κ1) is 23.1. The summed E-state index contributed by atoms with van der Waals surface area (Å²) in [6.07, 6.45) is 3.44. The summed E-state index contributed by atoms with van der Waals surface area (Å²) < 4.78 is 29.4. The maximum atomic E-state index is 13.0. The Bertz CT molecular complexity index is 1310. The van der Waals surface area contributed by atoms with E-state index < -0.39 is 10.0 Å². The third kappa shape index (κ3) is 4.99. The van der Waals surface area contributed by atoms with E-state index in [1.165, 1.54) is 6.92 Å². The zero-order chi connectivity index (χ0) is 23.6. The number of imidazole rings is 1. The van der Waals surface area contributed by atoms with Crippen LogP contribution in [0.2, 0.25) is 0 Å². The molecule has 0 saturated carbocycles. The summed E-state index contributed by atoms with van der Waals surface area (Å²) in [6, 6.07) is 11.9. The number of benzene rings is 2. The van der Waals surface area contributed by atoms with Crippen LogP contribution in [0.15, 0.2) is 47.4 Å². The number of amides is 1. The van der Waals surface area contributed by atoms with Gasteiger partial charge in [0, 0.05) is 44.2 Å². The Balaban J connectivity index is 1.47. The van der Waals surface area contributed by atoms with Crippen LogP contribution in [0.5, 0.6) is 0 Å². The number of carbonyl (C=O) groups excluding carboxylic acids is 2. The van der Waals surface area contributed by atoms with Gasteiger partial charge in [-0.1, -0.05) is 18.6 Å². The summed E-state index contributed by atoms with van der Waals surface area (Å²) in [7, 11) is -1.67. The van der Waals surface area contributed by atoms with Gasteiger partial charge < -0.3 is 9.88 Å². The first-order chi connectivity index (χ1) is 15.8. The number of fused-ring (bicyclic) bond motifs is 1. The molecule has 0 aliphatic carbocycles. The third-order valence-corrected chi connectivity index (χ3v) is 7.92. The van der Waals surface area contributed by atoms with Gasteiger partial charge in [-0.05, 0) is 50.1 Å². The molecule has 1 aliphatic heterocycles. The molecule has 0 unspecified atom stereocenters. The molecule has 2 heterocycles. The molecule has 9 heteroatoms. The van der Waals surface area contributed by atoms with Gasteiger partial charge in [-0.25, -0.2) is 13.4 Å². The molecule has 0 radical (unpaired) electrons. The van der Waals surface area contributed by atoms with Gasteiger partial charge in [0.2, 0.25) is 15.9 Å². The molecule has 1 aromatic heterocycles. The summed E-state index contributed by atoms with van der Waals surface area (Å²) in [5, 5.41) is 2.81. The van der Waals surface area contributed by atoms with E-state index in [-0.39, 0.29) is 23.0 Å². The molecule has 0 bridgehead atoms. The predicted molar refractivity (Wildman–Crippen MR) is 127 cm³/mol. The summed E-state index contributed by atoms with van der Waals surface area (Å²) in [5.74, 6) is 0.453. The monoisotopic (exact) mass is 468 g/mol. The first-order valence-electron chi connectivity index (χ1n) is 11.1. The molecule has 2 aromatic carbocycles. The van der Waals surface area contributed by atoms with Crippen LogP contribution in [-0.2, 0) is 28.3 Å². The minimum Gasteiger partial charge on any atom is -0.331 e. The molecule has 8 nitrogen and oxygen atoms in total. The van der Waals surface area contributed by atoms with Gasteiger partial charge in [0.15, 0.2) is 5.78 Å². The topological polar surface area (TPSA) is 101 Å². The van der Waals surface area contributed by atoms with E-state index in [2.05, 4.69) is 10.3 Å². The van der Waals surface area contributed by atoms with Gasteiger partial charge in [0.1, 0.15) is 5.82 Å². The van der Waals surface area contributed by atoms with Crippen LogP contribution in [0.4, 0.5) is 5.69 Å². The number of ketones is 1. The fraction of sp³-hybridized carbons (Fsp3) is 0.375. The highest BCUT2D eigenvalue weighted by molar-refractivity contribution is 7.89. The molecule has 174 valence electrons. The van der Waals surface area contributed by atoms with Crippen molar-refractivity contribution in [3.8, 4) is 0 Å². The molecular weight excluding hydrogens is 440 g/mol. The summed E-state index contributed by atoms with van der Waals surface area (Å²) in [5.41, 5.74) is 2.53.